The number of nitrogen functional groups attached to an aromatic ring is 1. The Morgan fingerprint density at radius 1 is 1.62 bits per heavy atom. The lowest BCUT2D eigenvalue weighted by molar-refractivity contribution is 0.0964. The van der Waals surface area contributed by atoms with Gasteiger partial charge in [0.25, 0.3) is 5.91 Å². The number of carbonyl (C=O) groups excluding carboxylic acids is 1. The lowest BCUT2D eigenvalue weighted by Gasteiger charge is -2.07. The van der Waals surface area contributed by atoms with Gasteiger partial charge in [0.15, 0.2) is 0 Å². The number of rotatable bonds is 1. The maximum Gasteiger partial charge on any atom is 0.254 e. The molecular weight excluding hydrogens is 255 g/mol. The van der Waals surface area contributed by atoms with E-state index in [0.29, 0.717) is 20.7 Å². The van der Waals surface area contributed by atoms with E-state index >= 15 is 0 Å². The summed E-state index contributed by atoms with van der Waals surface area (Å²) in [5.41, 5.74) is 6.27. The lowest BCUT2D eigenvalue weighted by atomic mass is 10.1. The van der Waals surface area contributed by atoms with Crippen LogP contribution in [0.3, 0.4) is 0 Å². The van der Waals surface area contributed by atoms with Crippen molar-refractivity contribution < 1.29 is 4.79 Å². The van der Waals surface area contributed by atoms with E-state index in [1.807, 2.05) is 0 Å². The minimum Gasteiger partial charge on any atom is -0.398 e. The van der Waals surface area contributed by atoms with E-state index in [1.54, 1.807) is 12.1 Å². The second-order valence-corrected chi connectivity index (χ2v) is 3.64. The predicted molar refractivity (Wildman–Crippen MR) is 57.0 cm³/mol. The van der Waals surface area contributed by atoms with Gasteiger partial charge < -0.3 is 11.1 Å². The largest absolute Gasteiger partial charge is 0.398 e. The highest BCUT2D eigenvalue weighted by Crippen LogP contribution is 2.30. The Labute approximate surface area is 89.4 Å². The van der Waals surface area contributed by atoms with E-state index in [0.717, 1.165) is 0 Å². The van der Waals surface area contributed by atoms with Gasteiger partial charge in [-0.3, -0.25) is 4.79 Å². The maximum atomic E-state index is 11.3. The Bertz CT molecular complexity index is 354. The number of anilines is 1. The molecule has 0 fully saturated rings. The normalized spacial score (nSPS) is 9.77. The number of hydrogen-bond acceptors (Lipinski definition) is 2. The second kappa shape index (κ2) is 3.98. The first kappa shape index (κ1) is 10.3. The Hall–Kier alpha value is -0.740. The quantitative estimate of drug-likeness (QED) is 0.762. The summed E-state index contributed by atoms with van der Waals surface area (Å²) in [6.07, 6.45) is 0. The Morgan fingerprint density at radius 3 is 2.77 bits per heavy atom. The zero-order valence-electron chi connectivity index (χ0n) is 6.90. The van der Waals surface area contributed by atoms with E-state index in [4.69, 9.17) is 17.3 Å². The van der Waals surface area contributed by atoms with Crippen LogP contribution >= 0.6 is 27.5 Å². The van der Waals surface area contributed by atoms with E-state index in [-0.39, 0.29) is 5.91 Å². The van der Waals surface area contributed by atoms with Crippen LogP contribution in [-0.2, 0) is 0 Å². The molecule has 0 bridgehead atoms. The van der Waals surface area contributed by atoms with E-state index in [9.17, 15) is 4.79 Å². The van der Waals surface area contributed by atoms with Gasteiger partial charge in [-0.25, -0.2) is 0 Å². The van der Waals surface area contributed by atoms with Crippen molar-refractivity contribution in [2.75, 3.05) is 12.8 Å². The molecule has 3 nitrogen and oxygen atoms in total. The summed E-state index contributed by atoms with van der Waals surface area (Å²) in [6.45, 7) is 0. The van der Waals surface area contributed by atoms with Crippen LogP contribution in [0.5, 0.6) is 0 Å². The fourth-order valence-corrected chi connectivity index (χ4v) is 1.51. The maximum absolute atomic E-state index is 11.3. The van der Waals surface area contributed by atoms with Crippen molar-refractivity contribution in [3.05, 3.63) is 27.2 Å². The van der Waals surface area contributed by atoms with E-state index in [1.165, 1.54) is 7.05 Å². The molecule has 1 aromatic rings. The Balaban J connectivity index is 3.33. The number of nitrogens with one attached hydrogen (secondary N) is 1. The minimum atomic E-state index is -0.288. The summed E-state index contributed by atoms with van der Waals surface area (Å²) in [5, 5.41) is 2.80. The molecule has 0 atom stereocenters. The van der Waals surface area contributed by atoms with E-state index < -0.39 is 0 Å². The average molecular weight is 264 g/mol. The van der Waals surface area contributed by atoms with Gasteiger partial charge in [-0.2, -0.15) is 0 Å². The summed E-state index contributed by atoms with van der Waals surface area (Å²) in [5.74, 6) is -0.288. The summed E-state index contributed by atoms with van der Waals surface area (Å²) in [7, 11) is 1.53. The number of nitrogens with two attached hydrogens (primary N) is 1. The third kappa shape index (κ3) is 1.95. The molecule has 0 saturated heterocycles. The molecule has 0 aliphatic rings. The summed E-state index contributed by atoms with van der Waals surface area (Å²) < 4.78 is 0.655. The molecule has 0 radical (unpaired) electrons. The molecule has 0 heterocycles. The van der Waals surface area contributed by atoms with Gasteiger partial charge in [0.2, 0.25) is 0 Å². The molecule has 13 heavy (non-hydrogen) atoms. The van der Waals surface area contributed by atoms with Crippen LogP contribution in [0.15, 0.2) is 16.6 Å². The fraction of sp³-hybridized carbons (Fsp3) is 0.125. The molecular formula is C8H8BrClN2O. The van der Waals surface area contributed by atoms with E-state index in [2.05, 4.69) is 21.2 Å². The SMILES string of the molecule is CNC(=O)c1c(N)ccc(Br)c1Cl. The van der Waals surface area contributed by atoms with Gasteiger partial charge in [0, 0.05) is 17.2 Å². The third-order valence-corrected chi connectivity index (χ3v) is 2.86. The standard InChI is InChI=1S/C8H8BrClN2O/c1-12-8(13)6-5(11)3-2-4(9)7(6)10/h2-3H,11H2,1H3,(H,12,13). The molecule has 0 aliphatic heterocycles. The lowest BCUT2D eigenvalue weighted by Crippen LogP contribution is -2.19. The molecule has 1 amide bonds. The smallest absolute Gasteiger partial charge is 0.254 e. The van der Waals surface area contributed by atoms with Crippen molar-refractivity contribution in [1.82, 2.24) is 5.32 Å². The number of hydrogen-bond donors (Lipinski definition) is 2. The van der Waals surface area contributed by atoms with Gasteiger partial charge in [-0.05, 0) is 28.1 Å². The predicted octanol–water partition coefficient (Wildman–Crippen LogP) is 2.04. The molecule has 0 unspecified atom stereocenters. The third-order valence-electron chi connectivity index (χ3n) is 1.58. The fourth-order valence-electron chi connectivity index (χ4n) is 0.921. The molecule has 0 saturated carbocycles. The number of halogens is 2. The van der Waals surface area contributed by atoms with Gasteiger partial charge in [-0.1, -0.05) is 11.6 Å². The van der Waals surface area contributed by atoms with Gasteiger partial charge in [-0.15, -0.1) is 0 Å². The summed E-state index contributed by atoms with van der Waals surface area (Å²) >= 11 is 9.09. The minimum absolute atomic E-state index is 0.288. The van der Waals surface area contributed by atoms with Crippen LogP contribution in [-0.4, -0.2) is 13.0 Å². The zero-order valence-corrected chi connectivity index (χ0v) is 9.24. The average Bonchev–Trinajstić information content (AvgIpc) is 2.12. The molecule has 3 N–H and O–H groups in total. The highest BCUT2D eigenvalue weighted by atomic mass is 79.9. The molecule has 70 valence electrons. The van der Waals surface area contributed by atoms with Crippen LogP contribution < -0.4 is 11.1 Å². The number of amides is 1. The van der Waals surface area contributed by atoms with Crippen LogP contribution in [0.25, 0.3) is 0 Å². The van der Waals surface area contributed by atoms with Crippen LogP contribution in [0, 0.1) is 0 Å². The van der Waals surface area contributed by atoms with Gasteiger partial charge >= 0.3 is 0 Å². The summed E-state index contributed by atoms with van der Waals surface area (Å²) in [4.78, 5) is 11.3. The Morgan fingerprint density at radius 2 is 2.23 bits per heavy atom. The topological polar surface area (TPSA) is 55.1 Å². The van der Waals surface area contributed by atoms with Crippen LogP contribution in [0.4, 0.5) is 5.69 Å². The first-order chi connectivity index (χ1) is 6.07. The first-order valence-electron chi connectivity index (χ1n) is 3.53. The highest BCUT2D eigenvalue weighted by molar-refractivity contribution is 9.10. The van der Waals surface area contributed by atoms with Gasteiger partial charge in [0.05, 0.1) is 10.6 Å². The number of carbonyl (C=O) groups is 1. The monoisotopic (exact) mass is 262 g/mol. The molecule has 5 heteroatoms. The van der Waals surface area contributed by atoms with Crippen molar-refractivity contribution in [3.63, 3.8) is 0 Å². The Kier molecular flexibility index (Phi) is 3.17. The molecule has 0 aliphatic carbocycles. The van der Waals surface area contributed by atoms with Crippen molar-refractivity contribution in [2.24, 2.45) is 0 Å². The first-order valence-corrected chi connectivity index (χ1v) is 4.70. The summed E-state index contributed by atoms with van der Waals surface area (Å²) in [6, 6.07) is 3.32. The van der Waals surface area contributed by atoms with Crippen molar-refractivity contribution in [3.8, 4) is 0 Å². The van der Waals surface area contributed by atoms with Crippen molar-refractivity contribution in [2.45, 2.75) is 0 Å². The zero-order chi connectivity index (χ0) is 10.0. The molecule has 1 aromatic carbocycles. The van der Waals surface area contributed by atoms with Crippen LogP contribution in [0.1, 0.15) is 10.4 Å². The molecule has 0 spiro atoms. The van der Waals surface area contributed by atoms with Crippen molar-refractivity contribution >= 4 is 39.1 Å². The van der Waals surface area contributed by atoms with Crippen molar-refractivity contribution in [1.29, 1.82) is 0 Å². The number of benzene rings is 1. The second-order valence-electron chi connectivity index (χ2n) is 2.40. The molecule has 1 rings (SSSR count). The highest BCUT2D eigenvalue weighted by Gasteiger charge is 2.14. The molecule has 0 aromatic heterocycles. The van der Waals surface area contributed by atoms with Gasteiger partial charge in [0.1, 0.15) is 0 Å². The van der Waals surface area contributed by atoms with Crippen LogP contribution in [0.2, 0.25) is 5.02 Å².